The van der Waals surface area contributed by atoms with Crippen LogP contribution in [-0.4, -0.2) is 12.4 Å². The van der Waals surface area contributed by atoms with E-state index in [0.29, 0.717) is 6.08 Å². The van der Waals surface area contributed by atoms with Crippen molar-refractivity contribution in [3.63, 3.8) is 0 Å². The Balaban J connectivity index is 4.23. The van der Waals surface area contributed by atoms with E-state index in [4.69, 9.17) is 4.74 Å². The molecule has 1 heterocycles. The maximum atomic E-state index is 14.0. The summed E-state index contributed by atoms with van der Waals surface area (Å²) in [5, 5.41) is 0. The molecular formula is C18H16F6O. The van der Waals surface area contributed by atoms with E-state index in [1.807, 2.05) is 0 Å². The van der Waals surface area contributed by atoms with Gasteiger partial charge in [0.1, 0.15) is 11.5 Å². The minimum Gasteiger partial charge on any atom is -0.457 e. The van der Waals surface area contributed by atoms with Gasteiger partial charge in [-0.3, -0.25) is 0 Å². The van der Waals surface area contributed by atoms with Crippen LogP contribution in [0, 0.1) is 5.41 Å². The average molecular weight is 362 g/mol. The molecule has 0 aromatic heterocycles. The van der Waals surface area contributed by atoms with Crippen LogP contribution in [-0.2, 0) is 4.74 Å². The Morgan fingerprint density at radius 2 is 1.44 bits per heavy atom. The SMILES string of the molecule is C=C/C=C1\C(=C/C=C)OC(C=C)=C(/C=C\C)C1(C(F)(F)F)C(F)(F)F. The van der Waals surface area contributed by atoms with Crippen LogP contribution in [0.4, 0.5) is 26.3 Å². The molecule has 0 aliphatic carbocycles. The van der Waals surface area contributed by atoms with Gasteiger partial charge in [-0.1, -0.05) is 50.1 Å². The largest absolute Gasteiger partial charge is 0.457 e. The summed E-state index contributed by atoms with van der Waals surface area (Å²) in [6.45, 7) is 11.1. The second-order valence-corrected chi connectivity index (χ2v) is 4.91. The summed E-state index contributed by atoms with van der Waals surface area (Å²) >= 11 is 0. The van der Waals surface area contributed by atoms with Crippen molar-refractivity contribution in [1.82, 2.24) is 0 Å². The second kappa shape index (κ2) is 7.21. The summed E-state index contributed by atoms with van der Waals surface area (Å²) in [5.41, 5.74) is -6.52. The van der Waals surface area contributed by atoms with Crippen LogP contribution in [0.25, 0.3) is 0 Å². The lowest BCUT2D eigenvalue weighted by molar-refractivity contribution is -0.312. The topological polar surface area (TPSA) is 9.23 Å². The molecule has 0 fully saturated rings. The van der Waals surface area contributed by atoms with Gasteiger partial charge in [0.15, 0.2) is 0 Å². The van der Waals surface area contributed by atoms with Gasteiger partial charge < -0.3 is 4.74 Å². The van der Waals surface area contributed by atoms with Crippen molar-refractivity contribution in [2.75, 3.05) is 0 Å². The van der Waals surface area contributed by atoms with E-state index in [0.717, 1.165) is 36.5 Å². The quantitative estimate of drug-likeness (QED) is 0.531. The monoisotopic (exact) mass is 362 g/mol. The molecule has 1 nitrogen and oxygen atoms in total. The summed E-state index contributed by atoms with van der Waals surface area (Å²) in [5.74, 6) is -1.27. The van der Waals surface area contributed by atoms with Gasteiger partial charge in [-0.2, -0.15) is 26.3 Å². The lowest BCUT2D eigenvalue weighted by atomic mass is 9.68. The van der Waals surface area contributed by atoms with E-state index in [2.05, 4.69) is 19.7 Å². The lowest BCUT2D eigenvalue weighted by Crippen LogP contribution is -2.54. The highest BCUT2D eigenvalue weighted by Gasteiger charge is 2.76. The lowest BCUT2D eigenvalue weighted by Gasteiger charge is -2.44. The maximum absolute atomic E-state index is 14.0. The van der Waals surface area contributed by atoms with Gasteiger partial charge in [-0.05, 0) is 19.1 Å². The Kier molecular flexibility index (Phi) is 5.94. The molecule has 0 saturated heterocycles. The standard InChI is InChI=1S/C18H16F6O/c1-5-9-12-14(8-4)25-15(11-7-3)13(10-6-2)16(12,17(19,20)21)18(22,23)24/h5-11H,2-4H2,1H3/b9-5-,13-10+,15-11+. The first-order chi connectivity index (χ1) is 11.5. The van der Waals surface area contributed by atoms with Crippen molar-refractivity contribution in [3.05, 3.63) is 84.9 Å². The summed E-state index contributed by atoms with van der Waals surface area (Å²) in [4.78, 5) is 0. The predicted molar refractivity (Wildman–Crippen MR) is 84.2 cm³/mol. The van der Waals surface area contributed by atoms with Crippen LogP contribution in [0.15, 0.2) is 84.9 Å². The van der Waals surface area contributed by atoms with Gasteiger partial charge in [-0.25, -0.2) is 0 Å². The van der Waals surface area contributed by atoms with E-state index in [1.165, 1.54) is 6.92 Å². The van der Waals surface area contributed by atoms with Crippen LogP contribution in [0.3, 0.4) is 0 Å². The third-order valence-corrected chi connectivity index (χ3v) is 3.48. The van der Waals surface area contributed by atoms with Crippen LogP contribution in [0.5, 0.6) is 0 Å². The van der Waals surface area contributed by atoms with Gasteiger partial charge in [0.2, 0.25) is 5.41 Å². The Hall–Kier alpha value is -2.44. The van der Waals surface area contributed by atoms with Gasteiger partial charge in [0.25, 0.3) is 0 Å². The fourth-order valence-electron chi connectivity index (χ4n) is 2.60. The van der Waals surface area contributed by atoms with Crippen molar-refractivity contribution in [2.45, 2.75) is 19.3 Å². The molecule has 1 aliphatic rings. The van der Waals surface area contributed by atoms with Gasteiger partial charge in [0.05, 0.1) is 0 Å². The highest BCUT2D eigenvalue weighted by atomic mass is 19.4. The third-order valence-electron chi connectivity index (χ3n) is 3.48. The number of hydrogen-bond donors (Lipinski definition) is 0. The van der Waals surface area contributed by atoms with Gasteiger partial charge >= 0.3 is 12.4 Å². The van der Waals surface area contributed by atoms with Crippen LogP contribution in [0.2, 0.25) is 0 Å². The van der Waals surface area contributed by atoms with E-state index >= 15 is 0 Å². The zero-order chi connectivity index (χ0) is 19.5. The van der Waals surface area contributed by atoms with Crippen molar-refractivity contribution >= 4 is 0 Å². The Bertz CT molecular complexity index is 669. The normalized spacial score (nSPS) is 21.6. The number of allylic oxidation sites excluding steroid dienone is 9. The highest BCUT2D eigenvalue weighted by molar-refractivity contribution is 5.55. The third kappa shape index (κ3) is 3.23. The maximum Gasteiger partial charge on any atom is 0.411 e. The van der Waals surface area contributed by atoms with E-state index in [-0.39, 0.29) is 0 Å². The van der Waals surface area contributed by atoms with Crippen molar-refractivity contribution < 1.29 is 31.1 Å². The van der Waals surface area contributed by atoms with E-state index < -0.39 is 40.4 Å². The predicted octanol–water partition coefficient (Wildman–Crippen LogP) is 6.33. The molecule has 7 heteroatoms. The molecule has 0 atom stereocenters. The zero-order valence-electron chi connectivity index (χ0n) is 13.3. The molecular weight excluding hydrogens is 346 g/mol. The molecule has 0 aromatic carbocycles. The molecule has 0 aromatic rings. The number of alkyl halides is 6. The number of ether oxygens (including phenoxy) is 1. The molecule has 1 rings (SSSR count). The summed E-state index contributed by atoms with van der Waals surface area (Å²) < 4.78 is 89.0. The average Bonchev–Trinajstić information content (AvgIpc) is 2.47. The van der Waals surface area contributed by atoms with E-state index in [1.54, 1.807) is 0 Å². The molecule has 1 aliphatic heterocycles. The number of hydrogen-bond acceptors (Lipinski definition) is 1. The first-order valence-electron chi connectivity index (χ1n) is 7.00. The van der Waals surface area contributed by atoms with Crippen LogP contribution < -0.4 is 0 Å². The molecule has 0 radical (unpaired) electrons. The van der Waals surface area contributed by atoms with Crippen LogP contribution >= 0.6 is 0 Å². The minimum absolute atomic E-state index is 0.632. The molecule has 0 N–H and O–H groups in total. The molecule has 0 amide bonds. The number of rotatable bonds is 4. The van der Waals surface area contributed by atoms with Crippen molar-refractivity contribution in [3.8, 4) is 0 Å². The molecule has 0 unspecified atom stereocenters. The Labute approximate surface area is 141 Å². The summed E-state index contributed by atoms with van der Waals surface area (Å²) in [6.07, 6.45) is -5.36. The molecule has 0 bridgehead atoms. The summed E-state index contributed by atoms with van der Waals surface area (Å²) in [7, 11) is 0. The fourth-order valence-corrected chi connectivity index (χ4v) is 2.60. The van der Waals surface area contributed by atoms with Crippen molar-refractivity contribution in [1.29, 1.82) is 0 Å². The van der Waals surface area contributed by atoms with Crippen LogP contribution in [0.1, 0.15) is 6.92 Å². The fraction of sp³-hybridized carbons (Fsp3) is 0.222. The highest BCUT2D eigenvalue weighted by Crippen LogP contribution is 2.63. The van der Waals surface area contributed by atoms with Gasteiger partial charge in [-0.15, -0.1) is 0 Å². The Morgan fingerprint density at radius 3 is 1.80 bits per heavy atom. The second-order valence-electron chi connectivity index (χ2n) is 4.91. The molecule has 0 saturated carbocycles. The smallest absolute Gasteiger partial charge is 0.411 e. The first-order valence-corrected chi connectivity index (χ1v) is 7.00. The van der Waals surface area contributed by atoms with Crippen molar-refractivity contribution in [2.24, 2.45) is 5.41 Å². The van der Waals surface area contributed by atoms with Gasteiger partial charge in [0, 0.05) is 11.1 Å². The molecule has 25 heavy (non-hydrogen) atoms. The molecule has 136 valence electrons. The minimum atomic E-state index is -5.70. The Morgan fingerprint density at radius 1 is 0.920 bits per heavy atom. The zero-order valence-corrected chi connectivity index (χ0v) is 13.3. The number of halogens is 6. The first kappa shape index (κ1) is 20.6. The molecule has 0 spiro atoms. The van der Waals surface area contributed by atoms with E-state index in [9.17, 15) is 26.3 Å². The summed E-state index contributed by atoms with van der Waals surface area (Å²) in [6, 6.07) is 0.